The maximum Gasteiger partial charge on any atom is 0.335 e. The van der Waals surface area contributed by atoms with E-state index in [2.05, 4.69) is 0 Å². The Morgan fingerprint density at radius 2 is 1.93 bits per heavy atom. The molecule has 15 heavy (non-hydrogen) atoms. The molecule has 0 aromatic carbocycles. The zero-order chi connectivity index (χ0) is 11.5. The molecular weight excluding hydrogens is 229 g/mol. The second-order valence-electron chi connectivity index (χ2n) is 3.37. The van der Waals surface area contributed by atoms with Crippen LogP contribution in [0.25, 0.3) is 0 Å². The van der Waals surface area contributed by atoms with Gasteiger partial charge in [-0.3, -0.25) is 9.45 Å². The summed E-state index contributed by atoms with van der Waals surface area (Å²) in [5, 5.41) is 5.25. The Morgan fingerprint density at radius 1 is 1.40 bits per heavy atom. The van der Waals surface area contributed by atoms with Crippen LogP contribution >= 0.6 is 0 Å². The van der Waals surface area contributed by atoms with Gasteiger partial charge in [0, 0.05) is 26.1 Å². The molecule has 1 fully saturated rings. The number of hydrogen-bond acceptors (Lipinski definition) is 5. The average molecular weight is 243 g/mol. The zero-order valence-corrected chi connectivity index (χ0v) is 8.91. The Kier molecular flexibility index (Phi) is 4.01. The van der Waals surface area contributed by atoms with Crippen LogP contribution in [0.15, 0.2) is 0 Å². The second-order valence-corrected chi connectivity index (χ2v) is 4.94. The third-order valence-electron chi connectivity index (χ3n) is 2.24. The van der Waals surface area contributed by atoms with Gasteiger partial charge in [0.1, 0.15) is 0 Å². The molecule has 0 aliphatic carbocycles. The minimum absolute atomic E-state index is 0.0517. The van der Waals surface area contributed by atoms with Gasteiger partial charge in [-0.1, -0.05) is 0 Å². The molecule has 0 aromatic heterocycles. The third-order valence-corrected chi connectivity index (χ3v) is 3.23. The van der Waals surface area contributed by atoms with Crippen LogP contribution in [0.1, 0.15) is 6.42 Å². The van der Waals surface area contributed by atoms with Crippen LogP contribution in [0.2, 0.25) is 0 Å². The molecule has 1 saturated heterocycles. The van der Waals surface area contributed by atoms with Gasteiger partial charge in [0.2, 0.25) is 0 Å². The van der Waals surface area contributed by atoms with Gasteiger partial charge in [-0.2, -0.15) is 12.8 Å². The molecular formula is C7H14FNO5S. The lowest BCUT2D eigenvalue weighted by molar-refractivity contribution is -0.0368. The summed E-state index contributed by atoms with van der Waals surface area (Å²) in [7, 11) is -5.07. The molecule has 1 heterocycles. The van der Waals surface area contributed by atoms with Crippen LogP contribution in [0.3, 0.4) is 0 Å². The van der Waals surface area contributed by atoms with Crippen molar-refractivity contribution in [2.75, 3.05) is 32.8 Å². The molecule has 0 bridgehead atoms. The quantitative estimate of drug-likeness (QED) is 0.629. The summed E-state index contributed by atoms with van der Waals surface area (Å²) >= 11 is 0. The third kappa shape index (κ3) is 3.65. The first kappa shape index (κ1) is 12.8. The van der Waals surface area contributed by atoms with E-state index in [-0.39, 0.29) is 6.54 Å². The predicted molar refractivity (Wildman–Crippen MR) is 49.5 cm³/mol. The van der Waals surface area contributed by atoms with Gasteiger partial charge in [0.25, 0.3) is 0 Å². The summed E-state index contributed by atoms with van der Waals surface area (Å²) < 4.78 is 47.3. The molecule has 1 atom stereocenters. The Labute approximate surface area is 87.4 Å². The highest BCUT2D eigenvalue weighted by Gasteiger charge is 2.41. The van der Waals surface area contributed by atoms with E-state index < -0.39 is 21.7 Å². The van der Waals surface area contributed by atoms with Gasteiger partial charge in [0.05, 0.1) is 13.2 Å². The molecule has 1 unspecified atom stereocenters. The maximum atomic E-state index is 13.0. The van der Waals surface area contributed by atoms with Crippen LogP contribution in [-0.2, 0) is 14.9 Å². The number of halogens is 1. The van der Waals surface area contributed by atoms with Gasteiger partial charge >= 0.3 is 15.3 Å². The largest absolute Gasteiger partial charge is 0.379 e. The van der Waals surface area contributed by atoms with E-state index in [1.807, 2.05) is 0 Å². The van der Waals surface area contributed by atoms with Gasteiger partial charge < -0.3 is 9.84 Å². The number of ether oxygens (including phenoxy) is 1. The summed E-state index contributed by atoms with van der Waals surface area (Å²) in [5.41, 5.74) is 0. The molecule has 0 saturated carbocycles. The van der Waals surface area contributed by atoms with Crippen molar-refractivity contribution < 1.29 is 27.2 Å². The highest BCUT2D eigenvalue weighted by Crippen LogP contribution is 2.19. The van der Waals surface area contributed by atoms with Gasteiger partial charge in [-0.25, -0.2) is 0 Å². The molecule has 1 aliphatic heterocycles. The lowest BCUT2D eigenvalue weighted by atomic mass is 10.3. The molecule has 0 radical (unpaired) electrons. The SMILES string of the molecule is O=S(=O)(O)C(O)(F)CCN1CCOCC1. The minimum atomic E-state index is -5.07. The van der Waals surface area contributed by atoms with Crippen molar-refractivity contribution in [2.24, 2.45) is 0 Å². The molecule has 1 rings (SSSR count). The second kappa shape index (κ2) is 4.71. The van der Waals surface area contributed by atoms with Gasteiger partial charge in [-0.05, 0) is 0 Å². The van der Waals surface area contributed by atoms with E-state index in [4.69, 9.17) is 14.4 Å². The Balaban J connectivity index is 2.41. The number of alkyl halides is 1. The molecule has 0 aromatic rings. The van der Waals surface area contributed by atoms with Crippen LogP contribution in [-0.4, -0.2) is 61.0 Å². The fourth-order valence-electron chi connectivity index (χ4n) is 1.25. The van der Waals surface area contributed by atoms with E-state index >= 15 is 0 Å². The summed E-state index contributed by atoms with van der Waals surface area (Å²) in [6.07, 6.45) is -0.675. The topological polar surface area (TPSA) is 87.1 Å². The molecule has 8 heteroatoms. The van der Waals surface area contributed by atoms with Gasteiger partial charge in [-0.15, -0.1) is 0 Å². The lowest BCUT2D eigenvalue weighted by Gasteiger charge is -2.27. The summed E-state index contributed by atoms with van der Waals surface area (Å²) in [5.74, 6) is 0. The summed E-state index contributed by atoms with van der Waals surface area (Å²) in [4.78, 5) is 1.75. The van der Waals surface area contributed by atoms with Crippen molar-refractivity contribution in [3.8, 4) is 0 Å². The first-order valence-corrected chi connectivity index (χ1v) is 5.95. The Bertz CT molecular complexity index is 299. The Hall–Kier alpha value is -0.280. The lowest BCUT2D eigenvalue weighted by Crippen LogP contribution is -2.42. The van der Waals surface area contributed by atoms with Crippen molar-refractivity contribution in [1.82, 2.24) is 4.90 Å². The highest BCUT2D eigenvalue weighted by atomic mass is 32.2. The van der Waals surface area contributed by atoms with Crippen molar-refractivity contribution in [3.63, 3.8) is 0 Å². The molecule has 2 N–H and O–H groups in total. The molecule has 1 aliphatic rings. The van der Waals surface area contributed by atoms with Crippen LogP contribution in [0, 0.1) is 0 Å². The standard InChI is InChI=1S/C7H14FNO5S/c8-7(10,15(11,12)13)1-2-9-3-5-14-6-4-9/h10H,1-6H2,(H,11,12,13). The average Bonchev–Trinajstić information content (AvgIpc) is 2.15. The zero-order valence-electron chi connectivity index (χ0n) is 8.10. The smallest absolute Gasteiger partial charge is 0.335 e. The fraction of sp³-hybridized carbons (Fsp3) is 1.00. The van der Waals surface area contributed by atoms with E-state index in [1.54, 1.807) is 4.90 Å². The van der Waals surface area contributed by atoms with Crippen molar-refractivity contribution >= 4 is 10.1 Å². The first-order valence-electron chi connectivity index (χ1n) is 4.51. The molecule has 6 nitrogen and oxygen atoms in total. The predicted octanol–water partition coefficient (Wildman–Crippen LogP) is -0.788. The van der Waals surface area contributed by atoms with Crippen LogP contribution in [0.5, 0.6) is 0 Å². The van der Waals surface area contributed by atoms with Crippen LogP contribution in [0.4, 0.5) is 4.39 Å². The van der Waals surface area contributed by atoms with Crippen molar-refractivity contribution in [3.05, 3.63) is 0 Å². The normalized spacial score (nSPS) is 23.7. The number of rotatable bonds is 4. The first-order chi connectivity index (χ1) is 6.83. The summed E-state index contributed by atoms with van der Waals surface area (Å²) in [6, 6.07) is 0. The van der Waals surface area contributed by atoms with Crippen molar-refractivity contribution in [1.29, 1.82) is 0 Å². The molecule has 0 spiro atoms. The fourth-order valence-corrected chi connectivity index (χ4v) is 1.60. The van der Waals surface area contributed by atoms with E-state index in [0.717, 1.165) is 0 Å². The summed E-state index contributed by atoms with van der Waals surface area (Å²) in [6.45, 7) is 2.16. The molecule has 0 amide bonds. The van der Waals surface area contributed by atoms with Crippen molar-refractivity contribution in [2.45, 2.75) is 11.6 Å². The monoisotopic (exact) mass is 243 g/mol. The van der Waals surface area contributed by atoms with E-state index in [0.29, 0.717) is 26.3 Å². The van der Waals surface area contributed by atoms with Crippen LogP contribution < -0.4 is 0 Å². The molecule has 90 valence electrons. The maximum absolute atomic E-state index is 13.0. The van der Waals surface area contributed by atoms with Gasteiger partial charge in [0.15, 0.2) is 0 Å². The highest BCUT2D eigenvalue weighted by molar-refractivity contribution is 7.86. The number of nitrogens with zero attached hydrogens (tertiary/aromatic N) is 1. The number of hydrogen-bond donors (Lipinski definition) is 2. The number of morpholine rings is 1. The Morgan fingerprint density at radius 3 is 2.40 bits per heavy atom. The van der Waals surface area contributed by atoms with E-state index in [1.165, 1.54) is 0 Å². The minimum Gasteiger partial charge on any atom is -0.379 e. The number of aliphatic hydroxyl groups is 1. The van der Waals surface area contributed by atoms with E-state index in [9.17, 15) is 12.8 Å².